The summed E-state index contributed by atoms with van der Waals surface area (Å²) in [6, 6.07) is 21.8. The van der Waals surface area contributed by atoms with Crippen molar-refractivity contribution in [1.82, 2.24) is 0 Å². The lowest BCUT2D eigenvalue weighted by molar-refractivity contribution is 0.287. The van der Waals surface area contributed by atoms with Crippen molar-refractivity contribution in [2.24, 2.45) is 0 Å². The third-order valence-electron chi connectivity index (χ3n) is 4.76. The monoisotopic (exact) mass is 466 g/mol. The van der Waals surface area contributed by atoms with E-state index >= 15 is 0 Å². The predicted molar refractivity (Wildman–Crippen MR) is 121 cm³/mol. The number of hydrogen-bond acceptors (Lipinski definition) is 1. The van der Waals surface area contributed by atoms with Crippen LogP contribution in [-0.2, 0) is 4.43 Å². The Kier molecular flexibility index (Phi) is 8.17. The molecule has 0 aliphatic rings. The maximum absolute atomic E-state index is 6.88. The molecule has 0 amide bonds. The molecular weight excluding hydrogens is 435 g/mol. The smallest absolute Gasteiger partial charge is 0.261 e. The minimum Gasteiger partial charge on any atom is -0.407 e. The van der Waals surface area contributed by atoms with E-state index in [1.165, 1.54) is 34.1 Å². The van der Waals surface area contributed by atoms with Crippen molar-refractivity contribution in [1.29, 1.82) is 0 Å². The van der Waals surface area contributed by atoms with Gasteiger partial charge in [0.25, 0.3) is 8.32 Å². The molecule has 0 N–H and O–H groups in total. The zero-order valence-corrected chi connectivity index (χ0v) is 19.0. The lowest BCUT2D eigenvalue weighted by Gasteiger charge is -2.43. The van der Waals surface area contributed by atoms with Crippen LogP contribution in [0.5, 0.6) is 0 Å². The SMILES string of the molecule is CC(C)(C)[Si](OCCCCCCI)(c1ccccc1)c1ccccc1. The average molecular weight is 466 g/mol. The van der Waals surface area contributed by atoms with Gasteiger partial charge < -0.3 is 4.43 Å². The van der Waals surface area contributed by atoms with Gasteiger partial charge in [-0.15, -0.1) is 0 Å². The predicted octanol–water partition coefficient (Wildman–Crippen LogP) is 5.56. The Hall–Kier alpha value is -0.653. The molecule has 0 fully saturated rings. The first kappa shape index (κ1) is 20.7. The second-order valence-electron chi connectivity index (χ2n) is 7.61. The van der Waals surface area contributed by atoms with Gasteiger partial charge in [-0.05, 0) is 32.7 Å². The van der Waals surface area contributed by atoms with Crippen LogP contribution in [0.3, 0.4) is 0 Å². The second kappa shape index (κ2) is 9.88. The summed E-state index contributed by atoms with van der Waals surface area (Å²) in [6.07, 6.45) is 5.05. The fraction of sp³-hybridized carbons (Fsp3) is 0.455. The zero-order chi connectivity index (χ0) is 18.2. The number of benzene rings is 2. The average Bonchev–Trinajstić information content (AvgIpc) is 2.62. The highest BCUT2D eigenvalue weighted by Crippen LogP contribution is 2.36. The van der Waals surface area contributed by atoms with Crippen LogP contribution >= 0.6 is 22.6 Å². The summed E-state index contributed by atoms with van der Waals surface area (Å²) in [4.78, 5) is 0. The fourth-order valence-electron chi connectivity index (χ4n) is 3.54. The van der Waals surface area contributed by atoms with Crippen LogP contribution in [0.4, 0.5) is 0 Å². The van der Waals surface area contributed by atoms with Crippen LogP contribution in [0.1, 0.15) is 46.5 Å². The maximum atomic E-state index is 6.88. The van der Waals surface area contributed by atoms with Crippen molar-refractivity contribution in [2.45, 2.75) is 51.5 Å². The first-order chi connectivity index (χ1) is 12.0. The first-order valence-corrected chi connectivity index (χ1v) is 12.8. The van der Waals surface area contributed by atoms with E-state index in [1.807, 2.05) is 0 Å². The van der Waals surface area contributed by atoms with E-state index < -0.39 is 8.32 Å². The molecule has 0 aromatic heterocycles. The van der Waals surface area contributed by atoms with Crippen molar-refractivity contribution in [3.63, 3.8) is 0 Å². The topological polar surface area (TPSA) is 9.23 Å². The molecule has 0 spiro atoms. The highest BCUT2D eigenvalue weighted by atomic mass is 127. The molecule has 0 aliphatic carbocycles. The van der Waals surface area contributed by atoms with Gasteiger partial charge in [-0.2, -0.15) is 0 Å². The van der Waals surface area contributed by atoms with Gasteiger partial charge in [0.1, 0.15) is 0 Å². The quantitative estimate of drug-likeness (QED) is 0.204. The summed E-state index contributed by atoms with van der Waals surface area (Å²) in [5.41, 5.74) is 0. The zero-order valence-electron chi connectivity index (χ0n) is 15.8. The van der Waals surface area contributed by atoms with Gasteiger partial charge in [-0.3, -0.25) is 0 Å². The normalized spacial score (nSPS) is 12.3. The molecule has 0 saturated heterocycles. The van der Waals surface area contributed by atoms with Crippen LogP contribution in [0.15, 0.2) is 60.7 Å². The van der Waals surface area contributed by atoms with E-state index in [0.717, 1.165) is 13.0 Å². The van der Waals surface area contributed by atoms with Crippen LogP contribution in [-0.4, -0.2) is 19.4 Å². The molecule has 2 rings (SSSR count). The number of alkyl halides is 1. The molecule has 3 heteroatoms. The van der Waals surface area contributed by atoms with Gasteiger partial charge in [-0.1, -0.05) is 117 Å². The van der Waals surface area contributed by atoms with Crippen molar-refractivity contribution in [3.05, 3.63) is 60.7 Å². The molecular formula is C22H31IOSi. The lowest BCUT2D eigenvalue weighted by Crippen LogP contribution is -2.66. The van der Waals surface area contributed by atoms with E-state index in [9.17, 15) is 0 Å². The highest BCUT2D eigenvalue weighted by molar-refractivity contribution is 14.1. The van der Waals surface area contributed by atoms with E-state index in [2.05, 4.69) is 104 Å². The Morgan fingerprint density at radius 1 is 0.760 bits per heavy atom. The number of halogens is 1. The number of hydrogen-bond donors (Lipinski definition) is 0. The molecule has 0 radical (unpaired) electrons. The Morgan fingerprint density at radius 3 is 1.68 bits per heavy atom. The number of rotatable bonds is 9. The molecule has 0 atom stereocenters. The standard InChI is InChI=1S/C22H31IOSi/c1-22(2,3)25(20-14-8-6-9-15-20,21-16-10-7-11-17-21)24-19-13-5-4-12-18-23/h6-11,14-17H,4-5,12-13,18-19H2,1-3H3. The van der Waals surface area contributed by atoms with Crippen molar-refractivity contribution in [3.8, 4) is 0 Å². The minimum atomic E-state index is -2.32. The first-order valence-electron chi connectivity index (χ1n) is 9.33. The van der Waals surface area contributed by atoms with Gasteiger partial charge in [0.05, 0.1) is 0 Å². The molecule has 0 unspecified atom stereocenters. The molecule has 0 bridgehead atoms. The molecule has 0 saturated carbocycles. The lowest BCUT2D eigenvalue weighted by atomic mass is 10.2. The Morgan fingerprint density at radius 2 is 1.24 bits per heavy atom. The summed E-state index contributed by atoms with van der Waals surface area (Å²) in [5.74, 6) is 0. The van der Waals surface area contributed by atoms with Gasteiger partial charge >= 0.3 is 0 Å². The molecule has 136 valence electrons. The highest BCUT2D eigenvalue weighted by Gasteiger charge is 2.49. The van der Waals surface area contributed by atoms with Gasteiger partial charge in [0.2, 0.25) is 0 Å². The summed E-state index contributed by atoms with van der Waals surface area (Å²) < 4.78 is 8.14. The van der Waals surface area contributed by atoms with Crippen LogP contribution < -0.4 is 10.4 Å². The van der Waals surface area contributed by atoms with Crippen molar-refractivity contribution < 1.29 is 4.43 Å². The van der Waals surface area contributed by atoms with Gasteiger partial charge in [0, 0.05) is 6.61 Å². The van der Waals surface area contributed by atoms with Crippen molar-refractivity contribution >= 4 is 41.3 Å². The molecule has 2 aromatic rings. The van der Waals surface area contributed by atoms with Gasteiger partial charge in [0.15, 0.2) is 0 Å². The largest absolute Gasteiger partial charge is 0.407 e. The number of unbranched alkanes of at least 4 members (excludes halogenated alkanes) is 3. The summed E-state index contributed by atoms with van der Waals surface area (Å²) in [7, 11) is -2.32. The van der Waals surface area contributed by atoms with E-state index in [4.69, 9.17) is 4.43 Å². The Labute approximate surface area is 168 Å². The minimum absolute atomic E-state index is 0.0813. The molecule has 0 aliphatic heterocycles. The van der Waals surface area contributed by atoms with Crippen LogP contribution in [0.25, 0.3) is 0 Å². The van der Waals surface area contributed by atoms with Gasteiger partial charge in [-0.25, -0.2) is 0 Å². The Balaban J connectivity index is 2.33. The summed E-state index contributed by atoms with van der Waals surface area (Å²) in [6.45, 7) is 7.88. The third-order valence-corrected chi connectivity index (χ3v) is 10.6. The van der Waals surface area contributed by atoms with Crippen molar-refractivity contribution in [2.75, 3.05) is 11.0 Å². The van der Waals surface area contributed by atoms with E-state index in [-0.39, 0.29) is 5.04 Å². The van der Waals surface area contributed by atoms with E-state index in [1.54, 1.807) is 0 Å². The maximum Gasteiger partial charge on any atom is 0.261 e. The van der Waals surface area contributed by atoms with Crippen LogP contribution in [0.2, 0.25) is 5.04 Å². The van der Waals surface area contributed by atoms with E-state index in [0.29, 0.717) is 0 Å². The molecule has 1 nitrogen and oxygen atoms in total. The molecule has 25 heavy (non-hydrogen) atoms. The molecule has 0 heterocycles. The summed E-state index contributed by atoms with van der Waals surface area (Å²) in [5, 5.41) is 2.83. The third kappa shape index (κ3) is 5.17. The summed E-state index contributed by atoms with van der Waals surface area (Å²) >= 11 is 2.46. The Bertz CT molecular complexity index is 567. The fourth-order valence-corrected chi connectivity index (χ4v) is 8.68. The van der Waals surface area contributed by atoms with Crippen LogP contribution in [0, 0.1) is 0 Å². The molecule has 2 aromatic carbocycles. The second-order valence-corrected chi connectivity index (χ2v) is 13.0.